The fourth-order valence-electron chi connectivity index (χ4n) is 2.25. The molecule has 2 heterocycles. The highest BCUT2D eigenvalue weighted by atomic mass is 16.3. The first kappa shape index (κ1) is 15.0. The summed E-state index contributed by atoms with van der Waals surface area (Å²) < 4.78 is 5.28. The Morgan fingerprint density at radius 3 is 2.70 bits per heavy atom. The fourth-order valence-corrected chi connectivity index (χ4v) is 2.25. The molecule has 0 spiro atoms. The van der Waals surface area contributed by atoms with Crippen molar-refractivity contribution in [2.75, 3.05) is 17.3 Å². The molecule has 1 N–H and O–H groups in total. The van der Waals surface area contributed by atoms with Gasteiger partial charge in [-0.15, -0.1) is 0 Å². The van der Waals surface area contributed by atoms with Crippen molar-refractivity contribution >= 4 is 11.9 Å². The van der Waals surface area contributed by atoms with Crippen molar-refractivity contribution in [2.24, 2.45) is 0 Å². The second-order valence-corrected chi connectivity index (χ2v) is 5.24. The molecule has 0 aliphatic heterocycles. The van der Waals surface area contributed by atoms with Gasteiger partial charge in [-0.3, -0.25) is 0 Å². The van der Waals surface area contributed by atoms with E-state index in [1.807, 2.05) is 42.3 Å². The zero-order valence-electron chi connectivity index (χ0n) is 13.2. The molecule has 0 bridgehead atoms. The lowest BCUT2D eigenvalue weighted by atomic mass is 10.1. The summed E-state index contributed by atoms with van der Waals surface area (Å²) in [6.07, 6.45) is 3.16. The third-order valence-corrected chi connectivity index (χ3v) is 3.74. The summed E-state index contributed by atoms with van der Waals surface area (Å²) >= 11 is 0. The topological polar surface area (TPSA) is 67.1 Å². The largest absolute Gasteiger partial charge is 0.467 e. The van der Waals surface area contributed by atoms with Crippen molar-refractivity contribution in [1.29, 1.82) is 0 Å². The standard InChI is InChI=1S/C17H19N5O/c1-13(14-7-4-3-5-8-14)22(2)17-20-12-19-16(21-17)18-11-15-9-6-10-23-15/h3-10,12-13H,11H2,1-2H3,(H,18,19,20,21)/t13-/m1/s1. The molecule has 0 amide bonds. The van der Waals surface area contributed by atoms with E-state index in [2.05, 4.69) is 39.3 Å². The molecular formula is C17H19N5O. The van der Waals surface area contributed by atoms with Gasteiger partial charge < -0.3 is 14.6 Å². The third-order valence-electron chi connectivity index (χ3n) is 3.74. The summed E-state index contributed by atoms with van der Waals surface area (Å²) in [5.74, 6) is 1.98. The summed E-state index contributed by atoms with van der Waals surface area (Å²) in [5.41, 5.74) is 1.21. The smallest absolute Gasteiger partial charge is 0.230 e. The van der Waals surface area contributed by atoms with Gasteiger partial charge in [-0.1, -0.05) is 30.3 Å². The highest BCUT2D eigenvalue weighted by Crippen LogP contribution is 2.22. The molecule has 3 aromatic rings. The number of furan rings is 1. The van der Waals surface area contributed by atoms with E-state index in [4.69, 9.17) is 4.42 Å². The van der Waals surface area contributed by atoms with E-state index < -0.39 is 0 Å². The molecule has 0 radical (unpaired) electrons. The van der Waals surface area contributed by atoms with Crippen molar-refractivity contribution in [3.05, 3.63) is 66.4 Å². The molecule has 6 heteroatoms. The second kappa shape index (κ2) is 6.91. The summed E-state index contributed by atoms with van der Waals surface area (Å²) in [6, 6.07) is 14.2. The first-order chi connectivity index (χ1) is 11.2. The second-order valence-electron chi connectivity index (χ2n) is 5.24. The van der Waals surface area contributed by atoms with E-state index in [1.165, 1.54) is 11.9 Å². The molecule has 0 saturated heterocycles. The monoisotopic (exact) mass is 309 g/mol. The summed E-state index contributed by atoms with van der Waals surface area (Å²) in [6.45, 7) is 2.66. The highest BCUT2D eigenvalue weighted by Gasteiger charge is 2.15. The number of hydrogen-bond acceptors (Lipinski definition) is 6. The molecule has 3 rings (SSSR count). The normalized spacial score (nSPS) is 11.9. The van der Waals surface area contributed by atoms with E-state index in [0.29, 0.717) is 18.4 Å². The number of hydrogen-bond donors (Lipinski definition) is 1. The molecule has 2 aromatic heterocycles. The van der Waals surface area contributed by atoms with Gasteiger partial charge in [0.1, 0.15) is 12.1 Å². The number of anilines is 2. The van der Waals surface area contributed by atoms with Gasteiger partial charge in [0, 0.05) is 7.05 Å². The predicted molar refractivity (Wildman–Crippen MR) is 89.1 cm³/mol. The third kappa shape index (κ3) is 3.66. The Morgan fingerprint density at radius 2 is 1.96 bits per heavy atom. The molecule has 1 atom stereocenters. The quantitative estimate of drug-likeness (QED) is 0.754. The minimum atomic E-state index is 0.163. The maximum atomic E-state index is 5.28. The van der Waals surface area contributed by atoms with Gasteiger partial charge in [0.15, 0.2) is 0 Å². The van der Waals surface area contributed by atoms with Gasteiger partial charge in [0.2, 0.25) is 11.9 Å². The summed E-state index contributed by atoms with van der Waals surface area (Å²) in [5, 5.41) is 3.14. The summed E-state index contributed by atoms with van der Waals surface area (Å²) in [4.78, 5) is 14.9. The Hall–Kier alpha value is -2.89. The van der Waals surface area contributed by atoms with Crippen LogP contribution in [0, 0.1) is 0 Å². The highest BCUT2D eigenvalue weighted by molar-refractivity contribution is 5.38. The van der Waals surface area contributed by atoms with E-state index >= 15 is 0 Å². The van der Waals surface area contributed by atoms with E-state index in [-0.39, 0.29) is 6.04 Å². The van der Waals surface area contributed by atoms with Crippen LogP contribution in [-0.4, -0.2) is 22.0 Å². The van der Waals surface area contributed by atoms with Crippen LogP contribution < -0.4 is 10.2 Å². The maximum absolute atomic E-state index is 5.28. The van der Waals surface area contributed by atoms with Crippen molar-refractivity contribution in [3.8, 4) is 0 Å². The Labute approximate surface area is 135 Å². The van der Waals surface area contributed by atoms with E-state index in [1.54, 1.807) is 6.26 Å². The van der Waals surface area contributed by atoms with Gasteiger partial charge in [0.05, 0.1) is 18.8 Å². The molecule has 0 saturated carbocycles. The summed E-state index contributed by atoms with van der Waals surface area (Å²) in [7, 11) is 1.98. The first-order valence-corrected chi connectivity index (χ1v) is 7.47. The molecule has 0 fully saturated rings. The predicted octanol–water partition coefficient (Wildman–Crippen LogP) is 3.27. The van der Waals surface area contributed by atoms with Crippen molar-refractivity contribution in [2.45, 2.75) is 19.5 Å². The van der Waals surface area contributed by atoms with Crippen LogP contribution in [0.5, 0.6) is 0 Å². The number of nitrogens with zero attached hydrogens (tertiary/aromatic N) is 4. The lowest BCUT2D eigenvalue weighted by Crippen LogP contribution is -2.24. The van der Waals surface area contributed by atoms with Crippen LogP contribution in [0.15, 0.2) is 59.5 Å². The van der Waals surface area contributed by atoms with Crippen LogP contribution >= 0.6 is 0 Å². The van der Waals surface area contributed by atoms with Crippen LogP contribution in [-0.2, 0) is 6.54 Å². The number of aromatic nitrogens is 3. The van der Waals surface area contributed by atoms with Crippen LogP contribution in [0.1, 0.15) is 24.3 Å². The van der Waals surface area contributed by atoms with Gasteiger partial charge in [-0.05, 0) is 24.6 Å². The van der Waals surface area contributed by atoms with Crippen molar-refractivity contribution in [3.63, 3.8) is 0 Å². The van der Waals surface area contributed by atoms with Gasteiger partial charge in [-0.2, -0.15) is 4.98 Å². The minimum absolute atomic E-state index is 0.163. The molecule has 1 aromatic carbocycles. The molecule has 0 unspecified atom stereocenters. The lowest BCUT2D eigenvalue weighted by Gasteiger charge is -2.25. The fraction of sp³-hybridized carbons (Fsp3) is 0.235. The minimum Gasteiger partial charge on any atom is -0.467 e. The Balaban J connectivity index is 1.71. The molecule has 118 valence electrons. The van der Waals surface area contributed by atoms with E-state index in [0.717, 1.165) is 5.76 Å². The van der Waals surface area contributed by atoms with Crippen LogP contribution in [0.3, 0.4) is 0 Å². The van der Waals surface area contributed by atoms with Gasteiger partial charge >= 0.3 is 0 Å². The van der Waals surface area contributed by atoms with Crippen molar-refractivity contribution < 1.29 is 4.42 Å². The average Bonchev–Trinajstić information content (AvgIpc) is 3.13. The van der Waals surface area contributed by atoms with Gasteiger partial charge in [0.25, 0.3) is 0 Å². The lowest BCUT2D eigenvalue weighted by molar-refractivity contribution is 0.517. The van der Waals surface area contributed by atoms with E-state index in [9.17, 15) is 0 Å². The Bertz CT molecular complexity index is 730. The first-order valence-electron chi connectivity index (χ1n) is 7.47. The van der Waals surface area contributed by atoms with Crippen LogP contribution in [0.25, 0.3) is 0 Å². The molecule has 0 aliphatic carbocycles. The zero-order chi connectivity index (χ0) is 16.1. The molecule has 6 nitrogen and oxygen atoms in total. The van der Waals surface area contributed by atoms with Crippen molar-refractivity contribution in [1.82, 2.24) is 15.0 Å². The Kier molecular flexibility index (Phi) is 4.52. The number of benzene rings is 1. The Morgan fingerprint density at radius 1 is 1.13 bits per heavy atom. The zero-order valence-corrected chi connectivity index (χ0v) is 13.2. The van der Waals surface area contributed by atoms with Gasteiger partial charge in [-0.25, -0.2) is 9.97 Å². The number of nitrogens with one attached hydrogen (secondary N) is 1. The molecule has 23 heavy (non-hydrogen) atoms. The van der Waals surface area contributed by atoms with Crippen LogP contribution in [0.2, 0.25) is 0 Å². The maximum Gasteiger partial charge on any atom is 0.230 e. The molecular weight excluding hydrogens is 290 g/mol. The van der Waals surface area contributed by atoms with Crippen LogP contribution in [0.4, 0.5) is 11.9 Å². The average molecular weight is 309 g/mol. The molecule has 0 aliphatic rings. The SMILES string of the molecule is C[C@H](c1ccccc1)N(C)c1ncnc(NCc2ccco2)n1. The number of rotatable bonds is 6.